The Morgan fingerprint density at radius 1 is 1.09 bits per heavy atom. The fourth-order valence-corrected chi connectivity index (χ4v) is 3.23. The first kappa shape index (κ1) is 23.0. The van der Waals surface area contributed by atoms with Crippen LogP contribution in [0.4, 0.5) is 22.4 Å². The molecule has 0 saturated carbocycles. The van der Waals surface area contributed by atoms with Crippen LogP contribution in [0.2, 0.25) is 0 Å². The number of halogens is 4. The fourth-order valence-electron chi connectivity index (χ4n) is 3.23. The fraction of sp³-hybridized carbons (Fsp3) is 0.286. The number of rotatable bonds is 6. The molecule has 1 saturated heterocycles. The summed E-state index contributed by atoms with van der Waals surface area (Å²) >= 11 is 0. The van der Waals surface area contributed by atoms with Crippen LogP contribution < -0.4 is 10.1 Å². The summed E-state index contributed by atoms with van der Waals surface area (Å²) in [4.78, 5) is 39.9. The molecule has 1 N–H and O–H groups in total. The summed E-state index contributed by atoms with van der Waals surface area (Å²) in [5.74, 6) is -2.15. The molecular formula is C21H19F4N3O4. The van der Waals surface area contributed by atoms with Gasteiger partial charge in [-0.05, 0) is 42.3 Å². The van der Waals surface area contributed by atoms with Crippen LogP contribution in [0.15, 0.2) is 48.5 Å². The van der Waals surface area contributed by atoms with E-state index in [1.165, 1.54) is 55.3 Å². The Bertz CT molecular complexity index is 1020. The highest BCUT2D eigenvalue weighted by Crippen LogP contribution is 2.31. The summed E-state index contributed by atoms with van der Waals surface area (Å²) in [6.07, 6.45) is -4.86. The molecule has 1 atom stereocenters. The lowest BCUT2D eigenvalue weighted by Gasteiger charge is -2.23. The number of amides is 4. The lowest BCUT2D eigenvalue weighted by molar-refractivity contribution is -0.274. The number of nitrogens with one attached hydrogen (secondary N) is 1. The van der Waals surface area contributed by atoms with Crippen molar-refractivity contribution in [1.82, 2.24) is 15.1 Å². The van der Waals surface area contributed by atoms with E-state index in [1.807, 2.05) is 0 Å². The third-order valence-electron chi connectivity index (χ3n) is 4.99. The summed E-state index contributed by atoms with van der Waals surface area (Å²) < 4.78 is 53.8. The Morgan fingerprint density at radius 2 is 1.69 bits per heavy atom. The molecule has 0 aromatic heterocycles. The second kappa shape index (κ2) is 8.48. The highest BCUT2D eigenvalue weighted by molar-refractivity contribution is 6.09. The first-order chi connectivity index (χ1) is 14.9. The number of hydrogen-bond acceptors (Lipinski definition) is 4. The third-order valence-corrected chi connectivity index (χ3v) is 4.99. The van der Waals surface area contributed by atoms with Crippen molar-refractivity contribution in [1.29, 1.82) is 0 Å². The number of alkyl halides is 3. The largest absolute Gasteiger partial charge is 0.573 e. The number of urea groups is 1. The molecule has 1 aliphatic heterocycles. The summed E-state index contributed by atoms with van der Waals surface area (Å²) in [5.41, 5.74) is -0.686. The van der Waals surface area contributed by atoms with Crippen molar-refractivity contribution < 1.29 is 36.7 Å². The SMILES string of the molecule is CN(Cc1ccc(F)cc1)C(=O)CN1C(=O)NC(C)(c2ccc(OC(F)(F)F)cc2)C1=O. The molecule has 7 nitrogen and oxygen atoms in total. The van der Waals surface area contributed by atoms with Crippen LogP contribution in [0.1, 0.15) is 18.1 Å². The molecule has 0 aliphatic carbocycles. The Kier molecular flexibility index (Phi) is 6.11. The lowest BCUT2D eigenvalue weighted by Crippen LogP contribution is -2.43. The van der Waals surface area contributed by atoms with Gasteiger partial charge in [-0.15, -0.1) is 13.2 Å². The van der Waals surface area contributed by atoms with E-state index in [4.69, 9.17) is 0 Å². The monoisotopic (exact) mass is 453 g/mol. The van der Waals surface area contributed by atoms with E-state index in [0.717, 1.165) is 17.0 Å². The maximum absolute atomic E-state index is 13.0. The van der Waals surface area contributed by atoms with Gasteiger partial charge in [-0.25, -0.2) is 9.18 Å². The number of likely N-dealkylation sites (N-methyl/N-ethyl adjacent to an activating group) is 1. The maximum atomic E-state index is 13.0. The van der Waals surface area contributed by atoms with Crippen molar-refractivity contribution in [3.05, 3.63) is 65.5 Å². The summed E-state index contributed by atoms with van der Waals surface area (Å²) in [7, 11) is 1.47. The second-order valence-electron chi connectivity index (χ2n) is 7.39. The van der Waals surface area contributed by atoms with Gasteiger partial charge in [0.2, 0.25) is 5.91 Å². The van der Waals surface area contributed by atoms with E-state index in [-0.39, 0.29) is 12.1 Å². The van der Waals surface area contributed by atoms with Crippen LogP contribution in [0.5, 0.6) is 5.75 Å². The Morgan fingerprint density at radius 3 is 2.25 bits per heavy atom. The molecule has 1 fully saturated rings. The molecule has 1 aliphatic rings. The number of imide groups is 1. The van der Waals surface area contributed by atoms with E-state index in [9.17, 15) is 31.9 Å². The van der Waals surface area contributed by atoms with E-state index in [0.29, 0.717) is 5.56 Å². The van der Waals surface area contributed by atoms with Gasteiger partial charge in [-0.2, -0.15) is 0 Å². The molecule has 170 valence electrons. The quantitative estimate of drug-likeness (QED) is 0.539. The highest BCUT2D eigenvalue weighted by atomic mass is 19.4. The predicted molar refractivity (Wildman–Crippen MR) is 104 cm³/mol. The summed E-state index contributed by atoms with van der Waals surface area (Å²) in [5, 5.41) is 2.48. The number of carbonyl (C=O) groups is 3. The van der Waals surface area contributed by atoms with Gasteiger partial charge in [-0.3, -0.25) is 14.5 Å². The minimum absolute atomic E-state index is 0.140. The van der Waals surface area contributed by atoms with Gasteiger partial charge in [0.05, 0.1) is 0 Å². The summed E-state index contributed by atoms with van der Waals surface area (Å²) in [6, 6.07) is 9.22. The van der Waals surface area contributed by atoms with Crippen LogP contribution in [-0.4, -0.2) is 47.6 Å². The molecule has 32 heavy (non-hydrogen) atoms. The molecule has 1 unspecified atom stereocenters. The van der Waals surface area contributed by atoms with Crippen molar-refractivity contribution >= 4 is 17.8 Å². The van der Waals surface area contributed by atoms with E-state index >= 15 is 0 Å². The zero-order chi connectivity index (χ0) is 23.7. The molecule has 0 spiro atoms. The normalized spacial score (nSPS) is 18.5. The van der Waals surface area contributed by atoms with Crippen LogP contribution in [-0.2, 0) is 21.7 Å². The van der Waals surface area contributed by atoms with E-state index in [2.05, 4.69) is 10.1 Å². The van der Waals surface area contributed by atoms with Crippen molar-refractivity contribution in [2.24, 2.45) is 0 Å². The Balaban J connectivity index is 1.69. The predicted octanol–water partition coefficient (Wildman–Crippen LogP) is 3.15. The average molecular weight is 453 g/mol. The third kappa shape index (κ3) is 4.98. The Labute approximate surface area is 180 Å². The van der Waals surface area contributed by atoms with E-state index in [1.54, 1.807) is 0 Å². The molecular weight excluding hydrogens is 434 g/mol. The van der Waals surface area contributed by atoms with Crippen molar-refractivity contribution in [2.45, 2.75) is 25.4 Å². The maximum Gasteiger partial charge on any atom is 0.573 e. The molecule has 11 heteroatoms. The zero-order valence-electron chi connectivity index (χ0n) is 17.1. The molecule has 4 amide bonds. The average Bonchev–Trinajstić information content (AvgIpc) is 2.93. The van der Waals surface area contributed by atoms with Gasteiger partial charge in [0, 0.05) is 13.6 Å². The topological polar surface area (TPSA) is 79.0 Å². The Hall–Kier alpha value is -3.63. The van der Waals surface area contributed by atoms with Gasteiger partial charge < -0.3 is 15.0 Å². The summed E-state index contributed by atoms with van der Waals surface area (Å²) in [6.45, 7) is 0.994. The molecule has 3 rings (SSSR count). The van der Waals surface area contributed by atoms with Gasteiger partial charge in [0.25, 0.3) is 5.91 Å². The highest BCUT2D eigenvalue weighted by Gasteiger charge is 2.49. The molecule has 2 aromatic carbocycles. The van der Waals surface area contributed by atoms with Gasteiger partial charge >= 0.3 is 12.4 Å². The smallest absolute Gasteiger partial charge is 0.406 e. The van der Waals surface area contributed by atoms with Gasteiger partial charge in [-0.1, -0.05) is 24.3 Å². The van der Waals surface area contributed by atoms with Crippen molar-refractivity contribution in [3.8, 4) is 5.75 Å². The number of benzene rings is 2. The van der Waals surface area contributed by atoms with Gasteiger partial charge in [0.1, 0.15) is 23.7 Å². The van der Waals surface area contributed by atoms with Crippen molar-refractivity contribution in [2.75, 3.05) is 13.6 Å². The molecule has 0 bridgehead atoms. The number of hydrogen-bond donors (Lipinski definition) is 1. The molecule has 0 radical (unpaired) electrons. The number of carbonyl (C=O) groups excluding carboxylic acids is 3. The van der Waals surface area contributed by atoms with Crippen LogP contribution in [0, 0.1) is 5.82 Å². The van der Waals surface area contributed by atoms with Crippen molar-refractivity contribution in [3.63, 3.8) is 0 Å². The first-order valence-electron chi connectivity index (χ1n) is 9.38. The second-order valence-corrected chi connectivity index (χ2v) is 7.39. The van der Waals surface area contributed by atoms with Crippen LogP contribution in [0.25, 0.3) is 0 Å². The van der Waals surface area contributed by atoms with Crippen LogP contribution >= 0.6 is 0 Å². The molecule has 1 heterocycles. The standard InChI is InChI=1S/C21H19F4N3O4/c1-20(14-5-9-16(10-6-14)32-21(23,24)25)18(30)28(19(31)26-20)12-17(29)27(2)11-13-3-7-15(22)8-4-13/h3-10H,11-12H2,1-2H3,(H,26,31). The minimum Gasteiger partial charge on any atom is -0.406 e. The molecule has 2 aromatic rings. The van der Waals surface area contributed by atoms with Gasteiger partial charge in [0.15, 0.2) is 0 Å². The minimum atomic E-state index is -4.86. The first-order valence-corrected chi connectivity index (χ1v) is 9.38. The zero-order valence-corrected chi connectivity index (χ0v) is 17.1. The van der Waals surface area contributed by atoms with E-state index < -0.39 is 47.9 Å². The number of nitrogens with zero attached hydrogens (tertiary/aromatic N) is 2. The number of ether oxygens (including phenoxy) is 1. The lowest BCUT2D eigenvalue weighted by atomic mass is 9.92. The van der Waals surface area contributed by atoms with Crippen LogP contribution in [0.3, 0.4) is 0 Å².